The van der Waals surface area contributed by atoms with Crippen LogP contribution in [-0.2, 0) is 16.8 Å². The van der Waals surface area contributed by atoms with Crippen LogP contribution in [0.4, 0.5) is 0 Å². The Balaban J connectivity index is 1.33. The van der Waals surface area contributed by atoms with Gasteiger partial charge in [-0.05, 0) is 68.2 Å². The molecule has 3 nitrogen and oxygen atoms in total. The minimum atomic E-state index is 0.189. The van der Waals surface area contributed by atoms with Crippen LogP contribution in [0.25, 0.3) is 0 Å². The Morgan fingerprint density at radius 2 is 1.85 bits per heavy atom. The van der Waals surface area contributed by atoms with E-state index < -0.39 is 0 Å². The molecule has 0 N–H and O–H groups in total. The van der Waals surface area contributed by atoms with Gasteiger partial charge in [0.1, 0.15) is 0 Å². The van der Waals surface area contributed by atoms with Gasteiger partial charge >= 0.3 is 0 Å². The normalized spacial score (nSPS) is 30.5. The van der Waals surface area contributed by atoms with Crippen molar-refractivity contribution in [3.05, 3.63) is 35.4 Å². The predicted octanol–water partition coefficient (Wildman–Crippen LogP) is 4.21. The van der Waals surface area contributed by atoms with E-state index in [9.17, 15) is 4.79 Å². The molecule has 27 heavy (non-hydrogen) atoms. The first-order valence-corrected chi connectivity index (χ1v) is 11.2. The lowest BCUT2D eigenvalue weighted by Gasteiger charge is -2.49. The predicted molar refractivity (Wildman–Crippen MR) is 108 cm³/mol. The summed E-state index contributed by atoms with van der Waals surface area (Å²) in [5.41, 5.74) is 3.13. The van der Waals surface area contributed by atoms with Gasteiger partial charge in [0.05, 0.1) is 0 Å². The highest BCUT2D eigenvalue weighted by Crippen LogP contribution is 2.45. The van der Waals surface area contributed by atoms with E-state index in [1.54, 1.807) is 5.56 Å². The number of rotatable bonds is 3. The topological polar surface area (TPSA) is 23.6 Å². The molecule has 0 radical (unpaired) electrons. The number of fused-ring (bicyclic) bond motifs is 2. The fourth-order valence-corrected chi connectivity index (χ4v) is 6.09. The minimum absolute atomic E-state index is 0.189. The molecule has 1 saturated heterocycles. The van der Waals surface area contributed by atoms with E-state index in [4.69, 9.17) is 0 Å². The fraction of sp³-hybridized carbons (Fsp3) is 0.708. The first-order valence-electron chi connectivity index (χ1n) is 11.2. The van der Waals surface area contributed by atoms with E-state index in [2.05, 4.69) is 41.0 Å². The third kappa shape index (κ3) is 3.33. The van der Waals surface area contributed by atoms with E-state index in [1.807, 2.05) is 0 Å². The van der Waals surface area contributed by atoms with Gasteiger partial charge in [0.25, 0.3) is 0 Å². The van der Waals surface area contributed by atoms with Crippen LogP contribution in [0.15, 0.2) is 24.3 Å². The molecule has 2 aliphatic carbocycles. The summed E-state index contributed by atoms with van der Waals surface area (Å²) in [5, 5.41) is 0. The highest BCUT2D eigenvalue weighted by atomic mass is 16.2. The first kappa shape index (κ1) is 17.7. The number of hydrogen-bond acceptors (Lipinski definition) is 2. The molecule has 2 aliphatic heterocycles. The molecule has 146 valence electrons. The molecule has 5 rings (SSSR count). The van der Waals surface area contributed by atoms with Crippen molar-refractivity contribution in [2.45, 2.75) is 63.8 Å². The van der Waals surface area contributed by atoms with E-state index in [1.165, 1.54) is 63.7 Å². The zero-order valence-corrected chi connectivity index (χ0v) is 16.8. The largest absolute Gasteiger partial charge is 0.337 e. The second kappa shape index (κ2) is 6.92. The van der Waals surface area contributed by atoms with Crippen LogP contribution in [0.1, 0.15) is 63.0 Å². The lowest BCUT2D eigenvalue weighted by Crippen LogP contribution is -2.54. The molecule has 2 unspecified atom stereocenters. The van der Waals surface area contributed by atoms with Crippen LogP contribution in [0.5, 0.6) is 0 Å². The summed E-state index contributed by atoms with van der Waals surface area (Å²) in [6.07, 6.45) is 9.26. The van der Waals surface area contributed by atoms with Gasteiger partial charge in [0, 0.05) is 31.0 Å². The zero-order valence-electron chi connectivity index (χ0n) is 16.8. The van der Waals surface area contributed by atoms with Crippen LogP contribution < -0.4 is 0 Å². The van der Waals surface area contributed by atoms with Gasteiger partial charge in [-0.1, -0.05) is 44.0 Å². The van der Waals surface area contributed by atoms with Crippen molar-refractivity contribution in [1.29, 1.82) is 0 Å². The van der Waals surface area contributed by atoms with Crippen LogP contribution in [0.2, 0.25) is 0 Å². The van der Waals surface area contributed by atoms with E-state index in [0.717, 1.165) is 25.4 Å². The van der Waals surface area contributed by atoms with Crippen LogP contribution in [-0.4, -0.2) is 41.9 Å². The van der Waals surface area contributed by atoms with Crippen molar-refractivity contribution in [2.75, 3.05) is 26.2 Å². The number of likely N-dealkylation sites (tertiary alicyclic amines) is 1. The summed E-state index contributed by atoms with van der Waals surface area (Å²) in [4.78, 5) is 17.9. The molecule has 4 aliphatic rings. The van der Waals surface area contributed by atoms with Gasteiger partial charge in [-0.25, -0.2) is 0 Å². The zero-order chi connectivity index (χ0) is 18.4. The molecule has 1 spiro atoms. The number of carbonyl (C=O) groups excluding carboxylic acids is 1. The summed E-state index contributed by atoms with van der Waals surface area (Å²) in [7, 11) is 0. The van der Waals surface area contributed by atoms with Crippen molar-refractivity contribution in [1.82, 2.24) is 9.80 Å². The Kier molecular flexibility index (Phi) is 4.54. The lowest BCUT2D eigenvalue weighted by atomic mass is 9.68. The number of hydrogen-bond donors (Lipinski definition) is 0. The van der Waals surface area contributed by atoms with Crippen molar-refractivity contribution < 1.29 is 4.79 Å². The molecule has 0 aromatic heterocycles. The molecule has 0 bridgehead atoms. The van der Waals surface area contributed by atoms with Gasteiger partial charge < -0.3 is 9.80 Å². The van der Waals surface area contributed by atoms with Crippen molar-refractivity contribution >= 4 is 5.91 Å². The maximum Gasteiger partial charge on any atom is 0.226 e. The van der Waals surface area contributed by atoms with Crippen LogP contribution in [0.3, 0.4) is 0 Å². The highest BCUT2D eigenvalue weighted by Gasteiger charge is 2.47. The molecule has 1 amide bonds. The Hall–Kier alpha value is -1.35. The summed E-state index contributed by atoms with van der Waals surface area (Å²) in [6, 6.07) is 8.96. The molecule has 2 saturated carbocycles. The number of benzene rings is 1. The van der Waals surface area contributed by atoms with Crippen LogP contribution >= 0.6 is 0 Å². The Labute approximate surface area is 164 Å². The summed E-state index contributed by atoms with van der Waals surface area (Å²) in [6.45, 7) is 7.70. The molecular formula is C24H34N2O. The van der Waals surface area contributed by atoms with E-state index in [-0.39, 0.29) is 5.41 Å². The first-order chi connectivity index (χ1) is 13.1. The molecule has 3 fully saturated rings. The summed E-state index contributed by atoms with van der Waals surface area (Å²) in [5.74, 6) is 2.26. The van der Waals surface area contributed by atoms with Crippen molar-refractivity contribution in [3.63, 3.8) is 0 Å². The smallest absolute Gasteiger partial charge is 0.226 e. The Bertz CT molecular complexity index is 700. The Morgan fingerprint density at radius 3 is 2.56 bits per heavy atom. The molecule has 1 aromatic carbocycles. The minimum Gasteiger partial charge on any atom is -0.337 e. The van der Waals surface area contributed by atoms with Crippen molar-refractivity contribution in [2.24, 2.45) is 17.8 Å². The molecule has 1 aromatic rings. The monoisotopic (exact) mass is 366 g/mol. The molecule has 2 atom stereocenters. The van der Waals surface area contributed by atoms with Gasteiger partial charge in [0.15, 0.2) is 0 Å². The highest BCUT2D eigenvalue weighted by molar-refractivity contribution is 5.82. The number of carbonyl (C=O) groups is 1. The quantitative estimate of drug-likeness (QED) is 0.800. The number of amides is 1. The second-order valence-electron chi connectivity index (χ2n) is 9.90. The maximum atomic E-state index is 13.0. The summed E-state index contributed by atoms with van der Waals surface area (Å²) >= 11 is 0. The SMILES string of the molecule is CC1CC1C(=O)N1Cc2ccccc2C2(CCN(CC3CCCC3)CC2)C1. The van der Waals surface area contributed by atoms with Gasteiger partial charge in [-0.2, -0.15) is 0 Å². The Morgan fingerprint density at radius 1 is 1.15 bits per heavy atom. The number of piperidine rings is 1. The third-order valence-electron chi connectivity index (χ3n) is 7.99. The van der Waals surface area contributed by atoms with E-state index in [0.29, 0.717) is 17.7 Å². The van der Waals surface area contributed by atoms with Crippen LogP contribution in [0, 0.1) is 17.8 Å². The average Bonchev–Trinajstić information content (AvgIpc) is 3.20. The molecule has 3 heteroatoms. The van der Waals surface area contributed by atoms with Crippen molar-refractivity contribution in [3.8, 4) is 0 Å². The number of nitrogens with zero attached hydrogens (tertiary/aromatic N) is 2. The standard InChI is InChI=1S/C24H34N2O/c1-18-14-21(18)23(27)26-16-20-8-4-5-9-22(20)24(17-26)10-12-25(13-11-24)15-19-6-2-3-7-19/h4-5,8-9,18-19,21H,2-3,6-7,10-17H2,1H3. The fourth-order valence-electron chi connectivity index (χ4n) is 6.09. The van der Waals surface area contributed by atoms with Gasteiger partial charge in [0.2, 0.25) is 5.91 Å². The second-order valence-corrected chi connectivity index (χ2v) is 9.90. The summed E-state index contributed by atoms with van der Waals surface area (Å²) < 4.78 is 0. The van der Waals surface area contributed by atoms with E-state index >= 15 is 0 Å². The third-order valence-corrected chi connectivity index (χ3v) is 7.99. The van der Waals surface area contributed by atoms with Gasteiger partial charge in [-0.15, -0.1) is 0 Å². The molecule has 2 heterocycles. The molecular weight excluding hydrogens is 332 g/mol. The lowest BCUT2D eigenvalue weighted by molar-refractivity contribution is -0.135. The average molecular weight is 367 g/mol. The van der Waals surface area contributed by atoms with Gasteiger partial charge in [-0.3, -0.25) is 4.79 Å². The maximum absolute atomic E-state index is 13.0.